The van der Waals surface area contributed by atoms with Crippen LogP contribution in [0.3, 0.4) is 0 Å². The number of allylic oxidation sites excluding steroid dienone is 4. The molecular weight excluding hydrogens is 510 g/mol. The molecule has 40 heavy (non-hydrogen) atoms. The zero-order chi connectivity index (χ0) is 28.6. The number of hydrogen-bond donors (Lipinski definition) is 2. The Morgan fingerprint density at radius 2 is 1.77 bits per heavy atom. The van der Waals surface area contributed by atoms with Gasteiger partial charge in [0.15, 0.2) is 22.8 Å². The topological polar surface area (TPSA) is 113 Å². The molecule has 3 heterocycles. The average Bonchev–Trinajstić information content (AvgIpc) is 3.18. The number of likely N-dealkylation sites (tertiary alicyclic amines) is 1. The van der Waals surface area contributed by atoms with E-state index in [-0.39, 0.29) is 77.0 Å². The summed E-state index contributed by atoms with van der Waals surface area (Å²) in [6.45, 7) is 9.91. The minimum atomic E-state index is -1.38. The van der Waals surface area contributed by atoms with Gasteiger partial charge in [-0.25, -0.2) is 0 Å². The number of ether oxygens (including phenoxy) is 2. The molecule has 1 aromatic carbocycles. The maximum Gasteiger partial charge on any atom is 0.200 e. The summed E-state index contributed by atoms with van der Waals surface area (Å²) in [5, 5.41) is 22.1. The molecule has 1 unspecified atom stereocenters. The molecule has 0 aromatic heterocycles. The molecule has 212 valence electrons. The van der Waals surface area contributed by atoms with Crippen LogP contribution in [0.15, 0.2) is 41.0 Å². The van der Waals surface area contributed by atoms with Crippen LogP contribution in [-0.2, 0) is 20.7 Å². The molecule has 8 heteroatoms. The summed E-state index contributed by atoms with van der Waals surface area (Å²) in [7, 11) is 0. The Morgan fingerprint density at radius 3 is 2.45 bits per heavy atom. The Balaban J connectivity index is 1.49. The Morgan fingerprint density at radius 1 is 1.07 bits per heavy atom. The monoisotopic (exact) mass is 547 g/mol. The van der Waals surface area contributed by atoms with Crippen molar-refractivity contribution in [1.29, 1.82) is 0 Å². The Bertz CT molecular complexity index is 1400. The summed E-state index contributed by atoms with van der Waals surface area (Å²) in [6, 6.07) is 1.40. The van der Waals surface area contributed by atoms with Crippen molar-refractivity contribution < 1.29 is 34.1 Å². The molecular formula is C32H37NO7. The fraction of sp³-hybridized carbons (Fsp3) is 0.531. The van der Waals surface area contributed by atoms with E-state index in [1.54, 1.807) is 6.08 Å². The predicted molar refractivity (Wildman–Crippen MR) is 148 cm³/mol. The van der Waals surface area contributed by atoms with Gasteiger partial charge >= 0.3 is 0 Å². The third-order valence-corrected chi connectivity index (χ3v) is 9.54. The van der Waals surface area contributed by atoms with Gasteiger partial charge in [0.2, 0.25) is 0 Å². The van der Waals surface area contributed by atoms with Gasteiger partial charge in [0.1, 0.15) is 28.6 Å². The van der Waals surface area contributed by atoms with Crippen molar-refractivity contribution in [2.24, 2.45) is 17.8 Å². The van der Waals surface area contributed by atoms with E-state index in [0.717, 1.165) is 11.1 Å². The first-order valence-corrected chi connectivity index (χ1v) is 14.2. The van der Waals surface area contributed by atoms with Gasteiger partial charge in [-0.15, -0.1) is 0 Å². The predicted octanol–water partition coefficient (Wildman–Crippen LogP) is 4.08. The Labute approximate surface area is 234 Å². The van der Waals surface area contributed by atoms with Crippen molar-refractivity contribution in [3.8, 4) is 17.2 Å². The average molecular weight is 548 g/mol. The van der Waals surface area contributed by atoms with Crippen LogP contribution in [0.2, 0.25) is 0 Å². The molecule has 1 aromatic rings. The second-order valence-corrected chi connectivity index (χ2v) is 12.5. The molecule has 4 bridgehead atoms. The highest BCUT2D eigenvalue weighted by molar-refractivity contribution is 6.18. The first-order chi connectivity index (χ1) is 19.0. The van der Waals surface area contributed by atoms with Gasteiger partial charge in [-0.2, -0.15) is 0 Å². The molecule has 6 aliphatic rings. The number of carbonyl (C=O) groups excluding carboxylic acids is 3. The summed E-state index contributed by atoms with van der Waals surface area (Å²) in [6.07, 6.45) is 7.13. The van der Waals surface area contributed by atoms with E-state index in [2.05, 4.69) is 4.90 Å². The first kappa shape index (κ1) is 27.0. The first-order valence-electron chi connectivity index (χ1n) is 14.2. The number of phenolic OH excluding ortho intramolecular Hbond substituents is 2. The number of Topliss-reactive ketones (excluding diaryl/α,β-unsaturated/α-hetero) is 3. The lowest BCUT2D eigenvalue weighted by atomic mass is 9.49. The van der Waals surface area contributed by atoms with Gasteiger partial charge in [-0.05, 0) is 40.0 Å². The number of aromatic hydroxyl groups is 2. The Kier molecular flexibility index (Phi) is 6.35. The molecule has 1 saturated carbocycles. The molecule has 7 rings (SSSR count). The zero-order valence-corrected chi connectivity index (χ0v) is 23.6. The van der Waals surface area contributed by atoms with Crippen LogP contribution in [0.4, 0.5) is 0 Å². The second kappa shape index (κ2) is 9.42. The molecule has 8 nitrogen and oxygen atoms in total. The number of hydrogen-bond acceptors (Lipinski definition) is 8. The summed E-state index contributed by atoms with van der Waals surface area (Å²) in [5.41, 5.74) is -0.0514. The molecule has 1 spiro atoms. The number of carbonyl (C=O) groups is 3. The smallest absolute Gasteiger partial charge is 0.200 e. The third-order valence-electron chi connectivity index (χ3n) is 9.54. The summed E-state index contributed by atoms with van der Waals surface area (Å²) in [4.78, 5) is 42.7. The van der Waals surface area contributed by atoms with Gasteiger partial charge in [-0.3, -0.25) is 14.4 Å². The zero-order valence-electron chi connectivity index (χ0n) is 23.6. The van der Waals surface area contributed by atoms with Crippen LogP contribution in [0.1, 0.15) is 62.9 Å². The van der Waals surface area contributed by atoms with Crippen molar-refractivity contribution >= 4 is 17.3 Å². The maximum atomic E-state index is 14.3. The van der Waals surface area contributed by atoms with Gasteiger partial charge in [0.25, 0.3) is 0 Å². The van der Waals surface area contributed by atoms with Gasteiger partial charge in [-0.1, -0.05) is 29.4 Å². The van der Waals surface area contributed by atoms with Crippen molar-refractivity contribution in [2.45, 2.75) is 64.6 Å². The Hall–Kier alpha value is -3.23. The van der Waals surface area contributed by atoms with E-state index < -0.39 is 17.1 Å². The highest BCUT2D eigenvalue weighted by Crippen LogP contribution is 2.65. The molecule has 0 radical (unpaired) electrons. The lowest BCUT2D eigenvalue weighted by molar-refractivity contribution is -0.171. The molecule has 3 fully saturated rings. The normalized spacial score (nSPS) is 32.2. The number of rotatable bonds is 6. The molecule has 0 amide bonds. The lowest BCUT2D eigenvalue weighted by Gasteiger charge is -2.58. The summed E-state index contributed by atoms with van der Waals surface area (Å²) >= 11 is 0. The number of benzene rings is 1. The molecule has 2 saturated heterocycles. The lowest BCUT2D eigenvalue weighted by Crippen LogP contribution is -2.74. The van der Waals surface area contributed by atoms with E-state index in [1.807, 2.05) is 39.8 Å². The molecule has 3 aliphatic heterocycles. The van der Waals surface area contributed by atoms with Gasteiger partial charge < -0.3 is 24.6 Å². The van der Waals surface area contributed by atoms with E-state index in [0.29, 0.717) is 38.0 Å². The second-order valence-electron chi connectivity index (χ2n) is 12.5. The summed E-state index contributed by atoms with van der Waals surface area (Å²) < 4.78 is 13.2. The highest BCUT2D eigenvalue weighted by Gasteiger charge is 2.79. The fourth-order valence-electron chi connectivity index (χ4n) is 7.50. The fourth-order valence-corrected chi connectivity index (χ4v) is 7.50. The van der Waals surface area contributed by atoms with E-state index in [9.17, 15) is 24.6 Å². The van der Waals surface area contributed by atoms with Crippen LogP contribution < -0.4 is 4.74 Å². The van der Waals surface area contributed by atoms with E-state index >= 15 is 0 Å². The number of phenols is 2. The van der Waals surface area contributed by atoms with Crippen molar-refractivity contribution in [1.82, 2.24) is 4.90 Å². The van der Waals surface area contributed by atoms with Crippen LogP contribution in [0, 0.1) is 17.8 Å². The van der Waals surface area contributed by atoms with Gasteiger partial charge in [0, 0.05) is 67.9 Å². The number of nitrogens with zero attached hydrogens (tertiary/aromatic N) is 1. The summed E-state index contributed by atoms with van der Waals surface area (Å²) in [5.74, 6) is -1.57. The largest absolute Gasteiger partial charge is 0.507 e. The number of ketones is 3. The minimum absolute atomic E-state index is 0.0229. The van der Waals surface area contributed by atoms with Crippen molar-refractivity contribution in [3.05, 3.63) is 52.1 Å². The van der Waals surface area contributed by atoms with Crippen LogP contribution in [0.5, 0.6) is 17.2 Å². The number of piperidine rings is 1. The van der Waals surface area contributed by atoms with Crippen LogP contribution in [-0.4, -0.2) is 69.9 Å². The standard InChI is InChI=1S/C32H37NO7/c1-17(2)5-6-20-25(35)14-26-27(28(20)36)29(37)23-13-21-22(15-33-11-8-19(34)9-12-33)24-16-39-31(30(21)38,10-7-18(3)4)32(23,24)40-26/h5,7,13-14,21-22,24,35-36H,6,8-12,15-16H2,1-4H3/t21-,22+,24-,31?,32-/m1/s1. The van der Waals surface area contributed by atoms with E-state index in [4.69, 9.17) is 9.47 Å². The number of fused-ring (bicyclic) bond motifs is 1. The van der Waals surface area contributed by atoms with Crippen molar-refractivity contribution in [2.75, 3.05) is 26.2 Å². The molecule has 3 aliphatic carbocycles. The van der Waals surface area contributed by atoms with Crippen LogP contribution in [0.25, 0.3) is 0 Å². The third kappa shape index (κ3) is 3.68. The quantitative estimate of drug-likeness (QED) is 0.513. The van der Waals surface area contributed by atoms with Gasteiger partial charge in [0.05, 0.1) is 6.61 Å². The molecule has 5 atom stereocenters. The molecule has 2 N–H and O–H groups in total. The van der Waals surface area contributed by atoms with Crippen molar-refractivity contribution in [3.63, 3.8) is 0 Å². The maximum absolute atomic E-state index is 14.3. The highest BCUT2D eigenvalue weighted by atomic mass is 16.6. The van der Waals surface area contributed by atoms with Crippen LogP contribution >= 0.6 is 0 Å². The SMILES string of the molecule is CC(C)=CCc1c(O)cc2c(c1O)C(=O)C1=C[C@H]3C(=O)C4(CC=C(C)C)OC[C@H]([C@H]3CN3CCC(=O)CC3)[C@]14O2. The van der Waals surface area contributed by atoms with E-state index in [1.165, 1.54) is 6.07 Å². The minimum Gasteiger partial charge on any atom is -0.507 e.